The van der Waals surface area contributed by atoms with Crippen molar-refractivity contribution >= 4 is 5.91 Å². The van der Waals surface area contributed by atoms with Crippen molar-refractivity contribution in [3.8, 4) is 0 Å². The molecule has 1 amide bonds. The predicted octanol–water partition coefficient (Wildman–Crippen LogP) is -0.444. The van der Waals surface area contributed by atoms with E-state index in [9.17, 15) is 4.79 Å². The van der Waals surface area contributed by atoms with E-state index >= 15 is 0 Å². The van der Waals surface area contributed by atoms with E-state index < -0.39 is 6.29 Å². The molecule has 0 aromatic rings. The van der Waals surface area contributed by atoms with Crippen molar-refractivity contribution in [1.82, 2.24) is 4.90 Å². The van der Waals surface area contributed by atoms with Gasteiger partial charge in [0.25, 0.3) is 0 Å². The summed E-state index contributed by atoms with van der Waals surface area (Å²) in [5, 5.41) is 17.0. The first-order chi connectivity index (χ1) is 5.07. The summed E-state index contributed by atoms with van der Waals surface area (Å²) in [4.78, 5) is 12.3. The van der Waals surface area contributed by atoms with Crippen LogP contribution in [0.15, 0.2) is 0 Å². The Kier molecular flexibility index (Phi) is 4.81. The Hall–Kier alpha value is -0.610. The van der Waals surface area contributed by atoms with E-state index in [1.807, 2.05) is 6.92 Å². The SMILES string of the molecule is CCN(CCC(O)O)C(C)=O. The second-order valence-electron chi connectivity index (χ2n) is 2.37. The van der Waals surface area contributed by atoms with Gasteiger partial charge < -0.3 is 15.1 Å². The number of carbonyl (C=O) groups is 1. The van der Waals surface area contributed by atoms with Gasteiger partial charge in [0.1, 0.15) is 0 Å². The molecule has 0 aliphatic heterocycles. The lowest BCUT2D eigenvalue weighted by atomic mass is 10.3. The number of nitrogens with zero attached hydrogens (tertiary/aromatic N) is 1. The van der Waals surface area contributed by atoms with Crippen LogP contribution in [0, 0.1) is 0 Å². The summed E-state index contributed by atoms with van der Waals surface area (Å²) >= 11 is 0. The van der Waals surface area contributed by atoms with Crippen LogP contribution < -0.4 is 0 Å². The minimum absolute atomic E-state index is 0.0341. The van der Waals surface area contributed by atoms with Crippen molar-refractivity contribution in [3.63, 3.8) is 0 Å². The Bertz CT molecular complexity index is 125. The van der Waals surface area contributed by atoms with Crippen molar-refractivity contribution in [1.29, 1.82) is 0 Å². The van der Waals surface area contributed by atoms with Gasteiger partial charge in [0.15, 0.2) is 6.29 Å². The van der Waals surface area contributed by atoms with Crippen molar-refractivity contribution in [2.24, 2.45) is 0 Å². The van der Waals surface area contributed by atoms with E-state index in [4.69, 9.17) is 10.2 Å². The van der Waals surface area contributed by atoms with Crippen LogP contribution >= 0.6 is 0 Å². The van der Waals surface area contributed by atoms with Gasteiger partial charge >= 0.3 is 0 Å². The van der Waals surface area contributed by atoms with Crippen LogP contribution in [-0.2, 0) is 4.79 Å². The molecule has 0 bridgehead atoms. The van der Waals surface area contributed by atoms with Gasteiger partial charge in [0.05, 0.1) is 0 Å². The first-order valence-electron chi connectivity index (χ1n) is 3.69. The molecule has 4 heteroatoms. The number of rotatable bonds is 4. The number of aliphatic hydroxyl groups excluding tert-OH is 1. The van der Waals surface area contributed by atoms with E-state index in [1.54, 1.807) is 4.90 Å². The molecule has 0 saturated heterocycles. The third-order valence-corrected chi connectivity index (χ3v) is 1.48. The highest BCUT2D eigenvalue weighted by Crippen LogP contribution is 1.94. The summed E-state index contributed by atoms with van der Waals surface area (Å²) < 4.78 is 0. The lowest BCUT2D eigenvalue weighted by molar-refractivity contribution is -0.129. The first-order valence-corrected chi connectivity index (χ1v) is 3.69. The molecular formula is C7H15NO3. The zero-order valence-corrected chi connectivity index (χ0v) is 6.95. The smallest absolute Gasteiger partial charge is 0.219 e. The lowest BCUT2D eigenvalue weighted by Crippen LogP contribution is -2.31. The van der Waals surface area contributed by atoms with Gasteiger partial charge in [-0.05, 0) is 6.92 Å². The van der Waals surface area contributed by atoms with Crippen LogP contribution in [0.2, 0.25) is 0 Å². The molecule has 11 heavy (non-hydrogen) atoms. The molecule has 66 valence electrons. The second kappa shape index (κ2) is 5.09. The Morgan fingerprint density at radius 1 is 1.55 bits per heavy atom. The van der Waals surface area contributed by atoms with Gasteiger partial charge in [0.2, 0.25) is 5.91 Å². The monoisotopic (exact) mass is 161 g/mol. The number of amides is 1. The fraction of sp³-hybridized carbons (Fsp3) is 0.857. The van der Waals surface area contributed by atoms with Gasteiger partial charge in [-0.2, -0.15) is 0 Å². The molecule has 0 aliphatic carbocycles. The topological polar surface area (TPSA) is 60.8 Å². The quantitative estimate of drug-likeness (QED) is 0.549. The number of aliphatic hydroxyl groups is 2. The van der Waals surface area contributed by atoms with E-state index in [0.29, 0.717) is 13.1 Å². The van der Waals surface area contributed by atoms with Gasteiger partial charge in [-0.15, -0.1) is 0 Å². The van der Waals surface area contributed by atoms with Gasteiger partial charge in [-0.25, -0.2) is 0 Å². The highest BCUT2D eigenvalue weighted by Gasteiger charge is 2.06. The molecule has 0 rings (SSSR count). The standard InChI is InChI=1S/C7H15NO3/c1-3-8(6(2)9)5-4-7(10)11/h7,10-11H,3-5H2,1-2H3. The maximum absolute atomic E-state index is 10.8. The van der Waals surface area contributed by atoms with E-state index in [1.165, 1.54) is 6.92 Å². The van der Waals surface area contributed by atoms with E-state index in [-0.39, 0.29) is 12.3 Å². The van der Waals surface area contributed by atoms with Crippen molar-refractivity contribution in [2.75, 3.05) is 13.1 Å². The van der Waals surface area contributed by atoms with Crippen LogP contribution in [0.5, 0.6) is 0 Å². The normalized spacial score (nSPS) is 10.3. The lowest BCUT2D eigenvalue weighted by Gasteiger charge is -2.18. The average molecular weight is 161 g/mol. The summed E-state index contributed by atoms with van der Waals surface area (Å²) in [7, 11) is 0. The number of hydrogen-bond acceptors (Lipinski definition) is 3. The summed E-state index contributed by atoms with van der Waals surface area (Å²) in [5.41, 5.74) is 0. The van der Waals surface area contributed by atoms with Crippen molar-refractivity contribution < 1.29 is 15.0 Å². The first kappa shape index (κ1) is 10.4. The van der Waals surface area contributed by atoms with Crippen LogP contribution in [0.1, 0.15) is 20.3 Å². The molecule has 0 spiro atoms. The molecule has 0 unspecified atom stereocenters. The number of hydrogen-bond donors (Lipinski definition) is 2. The van der Waals surface area contributed by atoms with Crippen molar-refractivity contribution in [2.45, 2.75) is 26.6 Å². The minimum Gasteiger partial charge on any atom is -0.368 e. The predicted molar refractivity (Wildman–Crippen MR) is 40.8 cm³/mol. The Morgan fingerprint density at radius 2 is 2.09 bits per heavy atom. The minimum atomic E-state index is -1.32. The van der Waals surface area contributed by atoms with Crippen LogP contribution in [0.25, 0.3) is 0 Å². The summed E-state index contributed by atoms with van der Waals surface area (Å²) in [5.74, 6) is -0.0341. The third-order valence-electron chi connectivity index (χ3n) is 1.48. The molecule has 4 nitrogen and oxygen atoms in total. The molecule has 0 radical (unpaired) electrons. The summed E-state index contributed by atoms with van der Waals surface area (Å²) in [6.45, 7) is 4.34. The van der Waals surface area contributed by atoms with Gasteiger partial charge in [-0.3, -0.25) is 4.79 Å². The molecule has 0 atom stereocenters. The van der Waals surface area contributed by atoms with Gasteiger partial charge in [-0.1, -0.05) is 0 Å². The molecule has 0 saturated carbocycles. The van der Waals surface area contributed by atoms with Crippen LogP contribution in [-0.4, -0.2) is 40.4 Å². The maximum atomic E-state index is 10.8. The maximum Gasteiger partial charge on any atom is 0.219 e. The fourth-order valence-corrected chi connectivity index (χ4v) is 0.810. The molecule has 0 aliphatic rings. The molecule has 2 N–H and O–H groups in total. The van der Waals surface area contributed by atoms with Gasteiger partial charge in [0, 0.05) is 26.4 Å². The summed E-state index contributed by atoms with van der Waals surface area (Å²) in [6, 6.07) is 0. The van der Waals surface area contributed by atoms with Crippen molar-refractivity contribution in [3.05, 3.63) is 0 Å². The van der Waals surface area contributed by atoms with E-state index in [2.05, 4.69) is 0 Å². The van der Waals surface area contributed by atoms with E-state index in [0.717, 1.165) is 0 Å². The van der Waals surface area contributed by atoms with Crippen LogP contribution in [0.4, 0.5) is 0 Å². The molecule has 0 heterocycles. The molecular weight excluding hydrogens is 146 g/mol. The molecule has 0 aromatic carbocycles. The largest absolute Gasteiger partial charge is 0.368 e. The molecule has 0 fully saturated rings. The Balaban J connectivity index is 3.61. The fourth-order valence-electron chi connectivity index (χ4n) is 0.810. The van der Waals surface area contributed by atoms with Crippen LogP contribution in [0.3, 0.4) is 0 Å². The molecule has 0 aromatic heterocycles. The third kappa shape index (κ3) is 4.75. The zero-order chi connectivity index (χ0) is 8.85. The zero-order valence-electron chi connectivity index (χ0n) is 6.95. The average Bonchev–Trinajstić information content (AvgIpc) is 1.87. The highest BCUT2D eigenvalue weighted by molar-refractivity contribution is 5.73. The Morgan fingerprint density at radius 3 is 2.36 bits per heavy atom. The second-order valence-corrected chi connectivity index (χ2v) is 2.37. The summed E-state index contributed by atoms with van der Waals surface area (Å²) in [6.07, 6.45) is -1.10. The highest BCUT2D eigenvalue weighted by atomic mass is 16.5. The number of carbonyl (C=O) groups excluding carboxylic acids is 1. The Labute approximate surface area is 66.4 Å².